The van der Waals surface area contributed by atoms with E-state index in [4.69, 9.17) is 0 Å². The van der Waals surface area contributed by atoms with E-state index in [0.29, 0.717) is 6.04 Å². The number of hydrogen-bond acceptors (Lipinski definition) is 3. The molecule has 0 aromatic rings. The molecule has 118 valence electrons. The van der Waals surface area contributed by atoms with Gasteiger partial charge in [-0.3, -0.25) is 4.90 Å². The van der Waals surface area contributed by atoms with Crippen LogP contribution in [0, 0.1) is 0 Å². The fraction of sp³-hybridized carbons (Fsp3) is 1.00. The average molecular weight is 281 g/mol. The molecule has 2 heterocycles. The molecule has 0 radical (unpaired) electrons. The average Bonchev–Trinajstić information content (AvgIpc) is 2.87. The number of nitrogens with one attached hydrogen (secondary N) is 1. The van der Waals surface area contributed by atoms with Crippen molar-refractivity contribution in [3.63, 3.8) is 0 Å². The third-order valence-corrected chi connectivity index (χ3v) is 5.36. The summed E-state index contributed by atoms with van der Waals surface area (Å²) in [5.74, 6) is 0. The van der Waals surface area contributed by atoms with Crippen molar-refractivity contribution < 1.29 is 0 Å². The Labute approximate surface area is 126 Å². The number of rotatable bonds is 8. The van der Waals surface area contributed by atoms with Crippen molar-refractivity contribution in [1.82, 2.24) is 15.1 Å². The van der Waals surface area contributed by atoms with Crippen LogP contribution in [-0.2, 0) is 0 Å². The largest absolute Gasteiger partial charge is 0.310 e. The first kappa shape index (κ1) is 16.3. The fourth-order valence-corrected chi connectivity index (χ4v) is 4.05. The number of nitrogens with zero attached hydrogens (tertiary/aromatic N) is 2. The zero-order chi connectivity index (χ0) is 14.4. The molecule has 3 atom stereocenters. The van der Waals surface area contributed by atoms with Gasteiger partial charge in [-0.2, -0.15) is 0 Å². The van der Waals surface area contributed by atoms with Crippen LogP contribution in [0.5, 0.6) is 0 Å². The molecule has 0 amide bonds. The summed E-state index contributed by atoms with van der Waals surface area (Å²) in [7, 11) is 0. The van der Waals surface area contributed by atoms with Gasteiger partial charge in [0, 0.05) is 24.7 Å². The Morgan fingerprint density at radius 2 is 1.95 bits per heavy atom. The molecule has 0 spiro atoms. The highest BCUT2D eigenvalue weighted by molar-refractivity contribution is 4.94. The Bertz CT molecular complexity index is 265. The molecule has 2 rings (SSSR count). The fourth-order valence-electron chi connectivity index (χ4n) is 4.05. The van der Waals surface area contributed by atoms with Crippen LogP contribution in [0.4, 0.5) is 0 Å². The van der Waals surface area contributed by atoms with Crippen molar-refractivity contribution in [2.75, 3.05) is 32.7 Å². The molecule has 2 aliphatic rings. The van der Waals surface area contributed by atoms with Gasteiger partial charge in [-0.1, -0.05) is 20.3 Å². The second kappa shape index (κ2) is 8.35. The van der Waals surface area contributed by atoms with E-state index in [1.807, 2.05) is 0 Å². The molecular weight excluding hydrogens is 246 g/mol. The maximum absolute atomic E-state index is 3.93. The summed E-state index contributed by atoms with van der Waals surface area (Å²) in [6, 6.07) is 2.28. The van der Waals surface area contributed by atoms with E-state index < -0.39 is 0 Å². The van der Waals surface area contributed by atoms with E-state index in [0.717, 1.165) is 12.1 Å². The summed E-state index contributed by atoms with van der Waals surface area (Å²) < 4.78 is 0. The third kappa shape index (κ3) is 4.44. The van der Waals surface area contributed by atoms with E-state index in [2.05, 4.69) is 35.9 Å². The van der Waals surface area contributed by atoms with Gasteiger partial charge < -0.3 is 10.2 Å². The van der Waals surface area contributed by atoms with Gasteiger partial charge in [0.2, 0.25) is 0 Å². The molecule has 1 N–H and O–H groups in total. The van der Waals surface area contributed by atoms with Crippen molar-refractivity contribution in [3.8, 4) is 0 Å². The molecule has 2 aliphatic heterocycles. The van der Waals surface area contributed by atoms with Crippen molar-refractivity contribution in [3.05, 3.63) is 0 Å². The van der Waals surface area contributed by atoms with Crippen LogP contribution < -0.4 is 5.32 Å². The highest BCUT2D eigenvalue weighted by atomic mass is 15.2. The first-order valence-electron chi connectivity index (χ1n) is 8.97. The molecule has 0 saturated carbocycles. The predicted molar refractivity (Wildman–Crippen MR) is 87.2 cm³/mol. The Morgan fingerprint density at radius 1 is 1.15 bits per heavy atom. The number of hydrogen-bond donors (Lipinski definition) is 1. The number of fused-ring (bicyclic) bond motifs is 1. The highest BCUT2D eigenvalue weighted by Crippen LogP contribution is 2.27. The van der Waals surface area contributed by atoms with Crippen LogP contribution in [-0.4, -0.2) is 60.6 Å². The second-order valence-corrected chi connectivity index (χ2v) is 6.73. The van der Waals surface area contributed by atoms with E-state index in [1.54, 1.807) is 0 Å². The number of piperidine rings is 1. The second-order valence-electron chi connectivity index (χ2n) is 6.73. The van der Waals surface area contributed by atoms with Crippen LogP contribution >= 0.6 is 0 Å². The summed E-state index contributed by atoms with van der Waals surface area (Å²) in [4.78, 5) is 5.26. The molecule has 0 bridgehead atoms. The van der Waals surface area contributed by atoms with Crippen molar-refractivity contribution >= 4 is 0 Å². The van der Waals surface area contributed by atoms with Crippen molar-refractivity contribution in [2.24, 2.45) is 0 Å². The lowest BCUT2D eigenvalue weighted by Crippen LogP contribution is -2.47. The molecule has 3 heteroatoms. The molecule has 20 heavy (non-hydrogen) atoms. The summed E-state index contributed by atoms with van der Waals surface area (Å²) in [5, 5.41) is 3.93. The van der Waals surface area contributed by atoms with Gasteiger partial charge >= 0.3 is 0 Å². The third-order valence-electron chi connectivity index (χ3n) is 5.36. The van der Waals surface area contributed by atoms with Gasteiger partial charge in [0.05, 0.1) is 0 Å². The van der Waals surface area contributed by atoms with Crippen LogP contribution in [0.1, 0.15) is 59.3 Å². The maximum Gasteiger partial charge on any atom is 0.0249 e. The Kier molecular flexibility index (Phi) is 6.79. The Balaban J connectivity index is 1.65. The smallest absolute Gasteiger partial charge is 0.0249 e. The van der Waals surface area contributed by atoms with Gasteiger partial charge in [0.1, 0.15) is 0 Å². The topological polar surface area (TPSA) is 18.5 Å². The Morgan fingerprint density at radius 3 is 2.70 bits per heavy atom. The minimum absolute atomic E-state index is 0.678. The van der Waals surface area contributed by atoms with Gasteiger partial charge in [-0.15, -0.1) is 0 Å². The minimum Gasteiger partial charge on any atom is -0.310 e. The molecule has 3 nitrogen and oxygen atoms in total. The summed E-state index contributed by atoms with van der Waals surface area (Å²) in [5.41, 5.74) is 0. The molecule has 0 aromatic carbocycles. The maximum atomic E-state index is 3.93. The normalized spacial score (nSPS) is 28.8. The quantitative estimate of drug-likeness (QED) is 0.738. The van der Waals surface area contributed by atoms with E-state index in [1.165, 1.54) is 71.2 Å². The summed E-state index contributed by atoms with van der Waals surface area (Å²) in [6.45, 7) is 13.2. The molecule has 2 fully saturated rings. The van der Waals surface area contributed by atoms with Gasteiger partial charge in [0.15, 0.2) is 0 Å². The highest BCUT2D eigenvalue weighted by Gasteiger charge is 2.35. The molecule has 0 aromatic heterocycles. The summed E-state index contributed by atoms with van der Waals surface area (Å²) >= 11 is 0. The lowest BCUT2D eigenvalue weighted by Gasteiger charge is -2.34. The van der Waals surface area contributed by atoms with Gasteiger partial charge in [0.25, 0.3) is 0 Å². The molecule has 3 unspecified atom stereocenters. The van der Waals surface area contributed by atoms with Crippen molar-refractivity contribution in [2.45, 2.75) is 77.4 Å². The summed E-state index contributed by atoms with van der Waals surface area (Å²) in [6.07, 6.45) is 8.30. The van der Waals surface area contributed by atoms with E-state index in [-0.39, 0.29) is 0 Å². The predicted octanol–water partition coefficient (Wildman–Crippen LogP) is 2.71. The van der Waals surface area contributed by atoms with Gasteiger partial charge in [-0.25, -0.2) is 0 Å². The van der Waals surface area contributed by atoms with Crippen molar-refractivity contribution in [1.29, 1.82) is 0 Å². The monoisotopic (exact) mass is 281 g/mol. The van der Waals surface area contributed by atoms with Crippen LogP contribution in [0.2, 0.25) is 0 Å². The molecule has 0 aliphatic carbocycles. The minimum atomic E-state index is 0.678. The van der Waals surface area contributed by atoms with E-state index in [9.17, 15) is 0 Å². The first-order chi connectivity index (χ1) is 9.74. The Hall–Kier alpha value is -0.120. The van der Waals surface area contributed by atoms with Crippen LogP contribution in [0.25, 0.3) is 0 Å². The molecule has 2 saturated heterocycles. The SMILES string of the molecule is CCN(CC)CCCC(C)NC1CCN2CCCCC12. The standard InChI is InChI=1S/C17H35N3/c1-4-19(5-2)12-8-9-15(3)18-16-11-14-20-13-7-6-10-17(16)20/h15-18H,4-14H2,1-3H3. The van der Waals surface area contributed by atoms with Crippen LogP contribution in [0.3, 0.4) is 0 Å². The lowest BCUT2D eigenvalue weighted by atomic mass is 9.98. The van der Waals surface area contributed by atoms with Gasteiger partial charge in [-0.05, 0) is 65.2 Å². The lowest BCUT2D eigenvalue weighted by molar-refractivity contribution is 0.176. The van der Waals surface area contributed by atoms with E-state index >= 15 is 0 Å². The molecular formula is C17H35N3. The first-order valence-corrected chi connectivity index (χ1v) is 8.97. The zero-order valence-electron chi connectivity index (χ0n) is 13.9. The zero-order valence-corrected chi connectivity index (χ0v) is 13.9. The van der Waals surface area contributed by atoms with Crippen LogP contribution in [0.15, 0.2) is 0 Å².